The molecule has 7 heteroatoms. The third kappa shape index (κ3) is 5.64. The highest BCUT2D eigenvalue weighted by molar-refractivity contribution is 5.94. The number of methoxy groups -OCH3 is 3. The minimum atomic E-state index is -0.506. The van der Waals surface area contributed by atoms with E-state index in [9.17, 15) is 9.59 Å². The van der Waals surface area contributed by atoms with Crippen LogP contribution in [0.1, 0.15) is 11.1 Å². The van der Waals surface area contributed by atoms with E-state index in [1.165, 1.54) is 14.2 Å². The van der Waals surface area contributed by atoms with Gasteiger partial charge in [-0.1, -0.05) is 12.1 Å². The maximum atomic E-state index is 12.1. The Kier molecular flexibility index (Phi) is 7.05. The fraction of sp³-hybridized carbons (Fsp3) is 0.300. The molecular formula is C20H23NO6. The summed E-state index contributed by atoms with van der Waals surface area (Å²) in [4.78, 5) is 24.1. The van der Waals surface area contributed by atoms with E-state index >= 15 is 0 Å². The van der Waals surface area contributed by atoms with Crippen molar-refractivity contribution in [2.24, 2.45) is 0 Å². The summed E-state index contributed by atoms with van der Waals surface area (Å²) in [5.74, 6) is 0.756. The van der Waals surface area contributed by atoms with Crippen LogP contribution in [0.2, 0.25) is 0 Å². The summed E-state index contributed by atoms with van der Waals surface area (Å²) >= 11 is 0. The Balaban J connectivity index is 1.91. The van der Waals surface area contributed by atoms with E-state index in [-0.39, 0.29) is 6.42 Å². The molecule has 0 heterocycles. The molecule has 0 radical (unpaired) electrons. The van der Waals surface area contributed by atoms with E-state index in [0.717, 1.165) is 11.1 Å². The summed E-state index contributed by atoms with van der Waals surface area (Å²) in [6, 6.07) is 10.5. The van der Waals surface area contributed by atoms with E-state index in [4.69, 9.17) is 18.9 Å². The van der Waals surface area contributed by atoms with Crippen LogP contribution < -0.4 is 19.5 Å². The maximum absolute atomic E-state index is 12.1. The zero-order chi connectivity index (χ0) is 19.8. The molecule has 0 aliphatic heterocycles. The molecule has 2 aromatic rings. The number of amides is 1. The van der Waals surface area contributed by atoms with Crippen molar-refractivity contribution in [3.8, 4) is 17.2 Å². The second-order valence-electron chi connectivity index (χ2n) is 5.76. The first kappa shape index (κ1) is 20.1. The molecule has 0 aliphatic rings. The normalized spacial score (nSPS) is 10.1. The zero-order valence-corrected chi connectivity index (χ0v) is 15.8. The molecule has 0 bridgehead atoms. The second kappa shape index (κ2) is 9.47. The molecule has 27 heavy (non-hydrogen) atoms. The van der Waals surface area contributed by atoms with Gasteiger partial charge in [0.1, 0.15) is 17.2 Å². The van der Waals surface area contributed by atoms with Crippen molar-refractivity contribution in [1.29, 1.82) is 0 Å². The van der Waals surface area contributed by atoms with E-state index in [2.05, 4.69) is 5.32 Å². The number of aryl methyl sites for hydroxylation is 1. The Hall–Kier alpha value is -3.22. The van der Waals surface area contributed by atoms with Crippen molar-refractivity contribution in [3.63, 3.8) is 0 Å². The average molecular weight is 373 g/mol. The largest absolute Gasteiger partial charge is 0.497 e. The summed E-state index contributed by atoms with van der Waals surface area (Å²) in [5, 5.41) is 2.64. The minimum absolute atomic E-state index is 0.0480. The summed E-state index contributed by atoms with van der Waals surface area (Å²) in [6.07, 6.45) is 0.0480. The summed E-state index contributed by atoms with van der Waals surface area (Å²) in [6.45, 7) is 1.51. The van der Waals surface area contributed by atoms with Crippen LogP contribution in [0.4, 0.5) is 5.69 Å². The molecule has 144 valence electrons. The van der Waals surface area contributed by atoms with Gasteiger partial charge in [-0.15, -0.1) is 0 Å². The quantitative estimate of drug-likeness (QED) is 0.717. The predicted octanol–water partition coefficient (Wildman–Crippen LogP) is 2.75. The molecule has 0 aliphatic carbocycles. The molecule has 1 N–H and O–H groups in total. The fourth-order valence-corrected chi connectivity index (χ4v) is 2.44. The van der Waals surface area contributed by atoms with Crippen LogP contribution in [-0.2, 0) is 20.7 Å². The van der Waals surface area contributed by atoms with Crippen molar-refractivity contribution in [2.75, 3.05) is 33.3 Å². The van der Waals surface area contributed by atoms with Gasteiger partial charge < -0.3 is 24.3 Å². The molecule has 0 saturated heterocycles. The van der Waals surface area contributed by atoms with Crippen molar-refractivity contribution in [2.45, 2.75) is 13.3 Å². The Labute approximate surface area is 158 Å². The number of nitrogens with one attached hydrogen (secondary N) is 1. The Morgan fingerprint density at radius 3 is 2.33 bits per heavy atom. The van der Waals surface area contributed by atoms with Gasteiger partial charge in [0.25, 0.3) is 5.91 Å². The monoisotopic (exact) mass is 373 g/mol. The van der Waals surface area contributed by atoms with Crippen LogP contribution in [0.15, 0.2) is 36.4 Å². The molecule has 7 nitrogen and oxygen atoms in total. The number of esters is 1. The summed E-state index contributed by atoms with van der Waals surface area (Å²) in [5.41, 5.74) is 2.15. The topological polar surface area (TPSA) is 83.1 Å². The Morgan fingerprint density at radius 1 is 0.926 bits per heavy atom. The number of carbonyl (C=O) groups is 2. The molecule has 0 spiro atoms. The van der Waals surface area contributed by atoms with Crippen LogP contribution >= 0.6 is 0 Å². The smallest absolute Gasteiger partial charge is 0.310 e. The minimum Gasteiger partial charge on any atom is -0.497 e. The lowest BCUT2D eigenvalue weighted by molar-refractivity contribution is -0.146. The van der Waals surface area contributed by atoms with Gasteiger partial charge in [0, 0.05) is 6.07 Å². The van der Waals surface area contributed by atoms with Crippen molar-refractivity contribution in [1.82, 2.24) is 0 Å². The first-order valence-electron chi connectivity index (χ1n) is 8.27. The number of hydrogen-bond donors (Lipinski definition) is 1. The van der Waals surface area contributed by atoms with E-state index < -0.39 is 18.5 Å². The van der Waals surface area contributed by atoms with Crippen LogP contribution in [0.25, 0.3) is 0 Å². The van der Waals surface area contributed by atoms with Gasteiger partial charge in [0.15, 0.2) is 6.61 Å². The number of anilines is 1. The lowest BCUT2D eigenvalue weighted by atomic mass is 10.1. The lowest BCUT2D eigenvalue weighted by Crippen LogP contribution is -2.22. The van der Waals surface area contributed by atoms with E-state index in [0.29, 0.717) is 22.9 Å². The Morgan fingerprint density at radius 2 is 1.67 bits per heavy atom. The number of hydrogen-bond acceptors (Lipinski definition) is 6. The van der Waals surface area contributed by atoms with Gasteiger partial charge in [-0.05, 0) is 36.2 Å². The van der Waals surface area contributed by atoms with Crippen LogP contribution in [0.5, 0.6) is 17.2 Å². The molecule has 0 fully saturated rings. The highest BCUT2D eigenvalue weighted by Crippen LogP contribution is 2.28. The first-order valence-corrected chi connectivity index (χ1v) is 8.27. The van der Waals surface area contributed by atoms with E-state index in [1.54, 1.807) is 31.4 Å². The first-order chi connectivity index (χ1) is 13.0. The molecule has 1 amide bonds. The summed E-state index contributed by atoms with van der Waals surface area (Å²) < 4.78 is 20.6. The maximum Gasteiger partial charge on any atom is 0.310 e. The highest BCUT2D eigenvalue weighted by atomic mass is 16.5. The molecule has 0 saturated carbocycles. The number of carbonyl (C=O) groups excluding carboxylic acids is 2. The SMILES string of the molecule is COc1ccc(OC)c(NC(=O)COC(=O)Cc2ccc(C)c(OC)c2)c1. The van der Waals surface area contributed by atoms with Crippen molar-refractivity contribution in [3.05, 3.63) is 47.5 Å². The van der Waals surface area contributed by atoms with Gasteiger partial charge in [0.2, 0.25) is 0 Å². The molecule has 2 aromatic carbocycles. The molecular weight excluding hydrogens is 350 g/mol. The van der Waals surface area contributed by atoms with Gasteiger partial charge in [0.05, 0.1) is 33.4 Å². The standard InChI is InChI=1S/C20H23NO6/c1-13-5-6-14(9-18(13)26-4)10-20(23)27-12-19(22)21-16-11-15(24-2)7-8-17(16)25-3/h5-9,11H,10,12H2,1-4H3,(H,21,22). The van der Waals surface area contributed by atoms with Gasteiger partial charge >= 0.3 is 5.97 Å². The van der Waals surface area contributed by atoms with Crippen LogP contribution in [0, 0.1) is 6.92 Å². The number of benzene rings is 2. The molecule has 0 atom stereocenters. The average Bonchev–Trinajstić information content (AvgIpc) is 2.67. The van der Waals surface area contributed by atoms with Crippen molar-refractivity contribution < 1.29 is 28.5 Å². The lowest BCUT2D eigenvalue weighted by Gasteiger charge is -2.12. The van der Waals surface area contributed by atoms with Gasteiger partial charge in [-0.3, -0.25) is 9.59 Å². The Bertz CT molecular complexity index is 818. The van der Waals surface area contributed by atoms with Crippen molar-refractivity contribution >= 4 is 17.6 Å². The predicted molar refractivity (Wildman–Crippen MR) is 101 cm³/mol. The molecule has 0 aromatic heterocycles. The van der Waals surface area contributed by atoms with Gasteiger partial charge in [-0.25, -0.2) is 0 Å². The van der Waals surface area contributed by atoms with E-state index in [1.807, 2.05) is 19.1 Å². The fourth-order valence-electron chi connectivity index (χ4n) is 2.44. The summed E-state index contributed by atoms with van der Waals surface area (Å²) in [7, 11) is 4.59. The van der Waals surface area contributed by atoms with Crippen LogP contribution in [0.3, 0.4) is 0 Å². The molecule has 0 unspecified atom stereocenters. The highest BCUT2D eigenvalue weighted by Gasteiger charge is 2.13. The second-order valence-corrected chi connectivity index (χ2v) is 5.76. The third-order valence-electron chi connectivity index (χ3n) is 3.87. The zero-order valence-electron chi connectivity index (χ0n) is 15.8. The third-order valence-corrected chi connectivity index (χ3v) is 3.87. The van der Waals surface area contributed by atoms with Crippen LogP contribution in [-0.4, -0.2) is 39.8 Å². The van der Waals surface area contributed by atoms with Gasteiger partial charge in [-0.2, -0.15) is 0 Å². The number of ether oxygens (including phenoxy) is 4. The molecule has 2 rings (SSSR count). The number of rotatable bonds is 8.